The van der Waals surface area contributed by atoms with Gasteiger partial charge in [-0.15, -0.1) is 0 Å². The maximum absolute atomic E-state index is 11.9. The number of hydrogen-bond donors (Lipinski definition) is 3. The predicted molar refractivity (Wildman–Crippen MR) is 110 cm³/mol. The lowest BCUT2D eigenvalue weighted by molar-refractivity contribution is -0.121. The Kier molecular flexibility index (Phi) is 19.2. The van der Waals surface area contributed by atoms with Gasteiger partial charge in [0.1, 0.15) is 0 Å². The number of nitrogens with one attached hydrogen (secondary N) is 1. The van der Waals surface area contributed by atoms with Gasteiger partial charge < -0.3 is 16.8 Å². The molecule has 0 rings (SSSR count). The Morgan fingerprint density at radius 3 is 1.68 bits per heavy atom. The van der Waals surface area contributed by atoms with Crippen molar-refractivity contribution in [3.8, 4) is 0 Å². The molecule has 1 unspecified atom stereocenters. The smallest absolute Gasteiger partial charge is 0.220 e. The molecule has 0 heterocycles. The van der Waals surface area contributed by atoms with E-state index in [9.17, 15) is 4.79 Å². The number of carbonyl (C=O) groups excluding carboxylic acids is 1. The lowest BCUT2D eigenvalue weighted by Gasteiger charge is -2.16. The monoisotopic (exact) mass is 355 g/mol. The van der Waals surface area contributed by atoms with E-state index in [0.29, 0.717) is 19.5 Å². The SMILES string of the molecule is CCCCCCCCCCCCCCCC(=O)NC(CN)CCCN. The number of hydrogen-bond acceptors (Lipinski definition) is 3. The number of rotatable bonds is 19. The maximum Gasteiger partial charge on any atom is 0.220 e. The summed E-state index contributed by atoms with van der Waals surface area (Å²) in [7, 11) is 0. The van der Waals surface area contributed by atoms with Gasteiger partial charge in [0.25, 0.3) is 0 Å². The van der Waals surface area contributed by atoms with Crippen LogP contribution < -0.4 is 16.8 Å². The average molecular weight is 356 g/mol. The molecule has 0 bridgehead atoms. The molecule has 1 amide bonds. The lowest BCUT2D eigenvalue weighted by Crippen LogP contribution is -2.40. The van der Waals surface area contributed by atoms with Crippen LogP contribution in [0.2, 0.25) is 0 Å². The minimum absolute atomic E-state index is 0.0954. The van der Waals surface area contributed by atoms with Crippen molar-refractivity contribution < 1.29 is 4.79 Å². The third-order valence-electron chi connectivity index (χ3n) is 4.91. The predicted octanol–water partition coefficient (Wildman–Crippen LogP) is 4.65. The summed E-state index contributed by atoms with van der Waals surface area (Å²) >= 11 is 0. The van der Waals surface area contributed by atoms with E-state index in [0.717, 1.165) is 19.3 Å². The molecule has 0 aromatic heterocycles. The van der Waals surface area contributed by atoms with Crippen LogP contribution >= 0.6 is 0 Å². The fourth-order valence-electron chi connectivity index (χ4n) is 3.22. The van der Waals surface area contributed by atoms with Crippen molar-refractivity contribution in [1.82, 2.24) is 5.32 Å². The summed E-state index contributed by atoms with van der Waals surface area (Å²) in [6.45, 7) is 3.43. The van der Waals surface area contributed by atoms with Crippen LogP contribution in [-0.2, 0) is 4.79 Å². The maximum atomic E-state index is 11.9. The van der Waals surface area contributed by atoms with Crippen molar-refractivity contribution in [3.63, 3.8) is 0 Å². The molecule has 4 heteroatoms. The molecule has 0 aliphatic carbocycles. The van der Waals surface area contributed by atoms with Gasteiger partial charge in [0.05, 0.1) is 0 Å². The zero-order chi connectivity index (χ0) is 18.6. The highest BCUT2D eigenvalue weighted by atomic mass is 16.1. The van der Waals surface area contributed by atoms with E-state index in [2.05, 4.69) is 12.2 Å². The zero-order valence-corrected chi connectivity index (χ0v) is 16.9. The average Bonchev–Trinajstić information content (AvgIpc) is 2.62. The van der Waals surface area contributed by atoms with Gasteiger partial charge in [0.15, 0.2) is 0 Å². The largest absolute Gasteiger partial charge is 0.352 e. The van der Waals surface area contributed by atoms with Gasteiger partial charge in [0, 0.05) is 19.0 Å². The van der Waals surface area contributed by atoms with Gasteiger partial charge in [-0.1, -0.05) is 84.0 Å². The van der Waals surface area contributed by atoms with Crippen molar-refractivity contribution in [1.29, 1.82) is 0 Å². The van der Waals surface area contributed by atoms with E-state index in [4.69, 9.17) is 11.5 Å². The van der Waals surface area contributed by atoms with Crippen LogP contribution in [-0.4, -0.2) is 25.0 Å². The third kappa shape index (κ3) is 18.0. The second kappa shape index (κ2) is 19.7. The zero-order valence-electron chi connectivity index (χ0n) is 16.9. The Morgan fingerprint density at radius 1 is 0.760 bits per heavy atom. The van der Waals surface area contributed by atoms with Crippen LogP contribution in [0.5, 0.6) is 0 Å². The fourth-order valence-corrected chi connectivity index (χ4v) is 3.22. The highest BCUT2D eigenvalue weighted by molar-refractivity contribution is 5.76. The molecule has 5 N–H and O–H groups in total. The molecule has 150 valence electrons. The molecular formula is C21H45N3O. The number of nitrogens with two attached hydrogens (primary N) is 2. The minimum atomic E-state index is 0.0954. The van der Waals surface area contributed by atoms with E-state index in [1.54, 1.807) is 0 Å². The molecule has 0 spiro atoms. The van der Waals surface area contributed by atoms with Gasteiger partial charge in [-0.3, -0.25) is 4.79 Å². The van der Waals surface area contributed by atoms with Crippen LogP contribution in [0, 0.1) is 0 Å². The van der Waals surface area contributed by atoms with Crippen molar-refractivity contribution in [2.24, 2.45) is 11.5 Å². The summed E-state index contributed by atoms with van der Waals surface area (Å²) < 4.78 is 0. The van der Waals surface area contributed by atoms with Gasteiger partial charge in [-0.2, -0.15) is 0 Å². The first-order valence-electron chi connectivity index (χ1n) is 10.9. The van der Waals surface area contributed by atoms with Crippen molar-refractivity contribution in [3.05, 3.63) is 0 Å². The van der Waals surface area contributed by atoms with Crippen LogP contribution in [0.25, 0.3) is 0 Å². The summed E-state index contributed by atoms with van der Waals surface area (Å²) in [5.41, 5.74) is 11.2. The summed E-state index contributed by atoms with van der Waals surface area (Å²) in [5, 5.41) is 3.03. The molecule has 0 aromatic rings. The molecule has 0 aliphatic heterocycles. The Hall–Kier alpha value is -0.610. The molecule has 0 radical (unpaired) electrons. The van der Waals surface area contributed by atoms with Gasteiger partial charge in [-0.25, -0.2) is 0 Å². The standard InChI is InChI=1S/C21H45N3O/c1-2-3-4-5-6-7-8-9-10-11-12-13-14-17-21(25)24-20(19-23)16-15-18-22/h20H,2-19,22-23H2,1H3,(H,24,25). The quantitative estimate of drug-likeness (QED) is 0.295. The number of amides is 1. The van der Waals surface area contributed by atoms with E-state index in [1.165, 1.54) is 77.0 Å². The number of unbranched alkanes of at least 4 members (excludes halogenated alkanes) is 12. The van der Waals surface area contributed by atoms with Gasteiger partial charge in [-0.05, 0) is 25.8 Å². The highest BCUT2D eigenvalue weighted by Gasteiger charge is 2.09. The molecule has 0 aliphatic rings. The van der Waals surface area contributed by atoms with Gasteiger partial charge in [0.2, 0.25) is 5.91 Å². The minimum Gasteiger partial charge on any atom is -0.352 e. The van der Waals surface area contributed by atoms with Crippen molar-refractivity contribution in [2.45, 2.75) is 116 Å². The van der Waals surface area contributed by atoms with Gasteiger partial charge >= 0.3 is 0 Å². The molecule has 0 fully saturated rings. The normalized spacial score (nSPS) is 12.3. The Morgan fingerprint density at radius 2 is 1.24 bits per heavy atom. The topological polar surface area (TPSA) is 81.1 Å². The molecule has 1 atom stereocenters. The Bertz CT molecular complexity index is 284. The molecule has 0 saturated carbocycles. The van der Waals surface area contributed by atoms with Crippen LogP contribution in [0.4, 0.5) is 0 Å². The third-order valence-corrected chi connectivity index (χ3v) is 4.91. The Labute approximate surface area is 156 Å². The first-order chi connectivity index (χ1) is 12.2. The fraction of sp³-hybridized carbons (Fsp3) is 0.952. The van der Waals surface area contributed by atoms with Crippen molar-refractivity contribution in [2.75, 3.05) is 13.1 Å². The first-order valence-corrected chi connectivity index (χ1v) is 10.9. The van der Waals surface area contributed by atoms with E-state index in [-0.39, 0.29) is 11.9 Å². The number of carbonyl (C=O) groups is 1. The summed E-state index contributed by atoms with van der Waals surface area (Å²) in [4.78, 5) is 11.9. The summed E-state index contributed by atoms with van der Waals surface area (Å²) in [6.07, 6.45) is 19.7. The van der Waals surface area contributed by atoms with Crippen molar-refractivity contribution >= 4 is 5.91 Å². The summed E-state index contributed by atoms with van der Waals surface area (Å²) in [6, 6.07) is 0.0954. The molecule has 0 saturated heterocycles. The summed E-state index contributed by atoms with van der Waals surface area (Å²) in [5.74, 6) is 0.149. The van der Waals surface area contributed by atoms with E-state index < -0.39 is 0 Å². The van der Waals surface area contributed by atoms with Crippen LogP contribution in [0.3, 0.4) is 0 Å². The Balaban J connectivity index is 3.30. The first kappa shape index (κ1) is 24.4. The highest BCUT2D eigenvalue weighted by Crippen LogP contribution is 2.13. The molecule has 0 aromatic carbocycles. The molecule has 4 nitrogen and oxygen atoms in total. The molecular weight excluding hydrogens is 310 g/mol. The van der Waals surface area contributed by atoms with Crippen LogP contribution in [0.15, 0.2) is 0 Å². The molecule has 25 heavy (non-hydrogen) atoms. The van der Waals surface area contributed by atoms with E-state index in [1.807, 2.05) is 0 Å². The second-order valence-corrected chi connectivity index (χ2v) is 7.42. The second-order valence-electron chi connectivity index (χ2n) is 7.42. The van der Waals surface area contributed by atoms with E-state index >= 15 is 0 Å². The lowest BCUT2D eigenvalue weighted by atomic mass is 10.0. The van der Waals surface area contributed by atoms with Crippen LogP contribution in [0.1, 0.15) is 110 Å².